The minimum absolute atomic E-state index is 0.393. The maximum absolute atomic E-state index is 5.95. The Morgan fingerprint density at radius 1 is 1.33 bits per heavy atom. The molecule has 1 rings (SSSR count). The molecule has 0 aromatic carbocycles. The molecule has 2 atom stereocenters. The van der Waals surface area contributed by atoms with Gasteiger partial charge in [0, 0.05) is 31.7 Å². The fourth-order valence-corrected chi connectivity index (χ4v) is 2.21. The van der Waals surface area contributed by atoms with Crippen molar-refractivity contribution in [2.24, 2.45) is 5.73 Å². The van der Waals surface area contributed by atoms with Crippen LogP contribution in [0, 0.1) is 0 Å². The van der Waals surface area contributed by atoms with E-state index >= 15 is 0 Å². The first-order chi connectivity index (χ1) is 7.17. The van der Waals surface area contributed by atoms with Crippen molar-refractivity contribution in [3.05, 3.63) is 0 Å². The van der Waals surface area contributed by atoms with Crippen molar-refractivity contribution in [1.82, 2.24) is 9.80 Å². The summed E-state index contributed by atoms with van der Waals surface area (Å²) in [5.41, 5.74) is 5.95. The third-order valence-corrected chi connectivity index (χ3v) is 3.67. The second-order valence-electron chi connectivity index (χ2n) is 4.80. The Bertz CT molecular complexity index is 172. The van der Waals surface area contributed by atoms with E-state index in [-0.39, 0.29) is 0 Å². The van der Waals surface area contributed by atoms with Crippen molar-refractivity contribution < 1.29 is 0 Å². The lowest BCUT2D eigenvalue weighted by molar-refractivity contribution is 0.0910. The first-order valence-corrected chi connectivity index (χ1v) is 6.35. The number of piperazine rings is 1. The number of likely N-dealkylation sites (N-methyl/N-ethyl adjacent to an activating group) is 1. The predicted octanol–water partition coefficient (Wildman–Crippen LogP) is 1.14. The highest BCUT2D eigenvalue weighted by Crippen LogP contribution is 2.11. The molecule has 0 aromatic rings. The summed E-state index contributed by atoms with van der Waals surface area (Å²) in [6, 6.07) is 1.14. The lowest BCUT2D eigenvalue weighted by atomic mass is 10.1. The lowest BCUT2D eigenvalue weighted by Crippen LogP contribution is -2.51. The van der Waals surface area contributed by atoms with Crippen LogP contribution in [-0.2, 0) is 0 Å². The zero-order valence-corrected chi connectivity index (χ0v) is 10.6. The number of nitrogens with zero attached hydrogens (tertiary/aromatic N) is 2. The van der Waals surface area contributed by atoms with Gasteiger partial charge in [0.05, 0.1) is 0 Å². The quantitative estimate of drug-likeness (QED) is 0.743. The van der Waals surface area contributed by atoms with Crippen molar-refractivity contribution in [2.75, 3.05) is 33.2 Å². The van der Waals surface area contributed by atoms with E-state index in [9.17, 15) is 0 Å². The van der Waals surface area contributed by atoms with Crippen molar-refractivity contribution in [3.8, 4) is 0 Å². The van der Waals surface area contributed by atoms with Crippen LogP contribution in [0.4, 0.5) is 0 Å². The summed E-state index contributed by atoms with van der Waals surface area (Å²) in [4.78, 5) is 5.06. The molecule has 0 aromatic heterocycles. The normalized spacial score (nSPS) is 26.8. The number of hydrogen-bond acceptors (Lipinski definition) is 3. The fraction of sp³-hybridized carbons (Fsp3) is 1.00. The fourth-order valence-electron chi connectivity index (χ4n) is 2.21. The molecule has 2 N–H and O–H groups in total. The summed E-state index contributed by atoms with van der Waals surface area (Å²) in [5, 5.41) is 0. The van der Waals surface area contributed by atoms with Gasteiger partial charge in [-0.2, -0.15) is 0 Å². The van der Waals surface area contributed by atoms with Crippen molar-refractivity contribution in [1.29, 1.82) is 0 Å². The number of hydrogen-bond donors (Lipinski definition) is 1. The van der Waals surface area contributed by atoms with E-state index < -0.39 is 0 Å². The summed E-state index contributed by atoms with van der Waals surface area (Å²) in [7, 11) is 2.24. The van der Waals surface area contributed by atoms with Crippen LogP contribution < -0.4 is 5.73 Å². The second kappa shape index (κ2) is 6.46. The second-order valence-corrected chi connectivity index (χ2v) is 4.80. The Morgan fingerprint density at radius 2 is 2.07 bits per heavy atom. The highest BCUT2D eigenvalue weighted by molar-refractivity contribution is 4.79. The van der Waals surface area contributed by atoms with Crippen molar-refractivity contribution in [2.45, 2.75) is 45.2 Å². The molecule has 1 fully saturated rings. The highest BCUT2D eigenvalue weighted by atomic mass is 15.3. The highest BCUT2D eigenvalue weighted by Gasteiger charge is 2.22. The minimum Gasteiger partial charge on any atom is -0.328 e. The van der Waals surface area contributed by atoms with Crippen molar-refractivity contribution in [3.63, 3.8) is 0 Å². The van der Waals surface area contributed by atoms with Crippen molar-refractivity contribution >= 4 is 0 Å². The van der Waals surface area contributed by atoms with Gasteiger partial charge in [0.25, 0.3) is 0 Å². The van der Waals surface area contributed by atoms with Gasteiger partial charge >= 0.3 is 0 Å². The molecule has 15 heavy (non-hydrogen) atoms. The summed E-state index contributed by atoms with van der Waals surface area (Å²) in [5.74, 6) is 0. The zero-order valence-electron chi connectivity index (χ0n) is 10.6. The molecule has 0 amide bonds. The van der Waals surface area contributed by atoms with Gasteiger partial charge in [-0.25, -0.2) is 0 Å². The molecular formula is C12H27N3. The Labute approximate surface area is 94.6 Å². The zero-order chi connectivity index (χ0) is 11.3. The van der Waals surface area contributed by atoms with Crippen LogP contribution in [0.1, 0.15) is 33.1 Å². The molecule has 1 aliphatic rings. The third kappa shape index (κ3) is 4.09. The monoisotopic (exact) mass is 213 g/mol. The van der Waals surface area contributed by atoms with E-state index in [4.69, 9.17) is 5.73 Å². The van der Waals surface area contributed by atoms with E-state index in [2.05, 4.69) is 30.7 Å². The molecule has 90 valence electrons. The van der Waals surface area contributed by atoms with Crippen LogP contribution >= 0.6 is 0 Å². The smallest absolute Gasteiger partial charge is 0.0218 e. The summed E-state index contributed by atoms with van der Waals surface area (Å²) in [6.07, 6.45) is 3.51. The van der Waals surface area contributed by atoms with Gasteiger partial charge in [0.15, 0.2) is 0 Å². The van der Waals surface area contributed by atoms with E-state index in [1.165, 1.54) is 32.6 Å². The Hall–Kier alpha value is -0.120. The summed E-state index contributed by atoms with van der Waals surface area (Å²) in [6.45, 7) is 9.28. The van der Waals surface area contributed by atoms with E-state index in [0.717, 1.165) is 18.9 Å². The molecule has 1 heterocycles. The number of rotatable bonds is 5. The van der Waals surface area contributed by atoms with Gasteiger partial charge < -0.3 is 15.5 Å². The minimum atomic E-state index is 0.393. The van der Waals surface area contributed by atoms with Gasteiger partial charge in [0.1, 0.15) is 0 Å². The average Bonchev–Trinajstić information content (AvgIpc) is 2.27. The summed E-state index contributed by atoms with van der Waals surface area (Å²) < 4.78 is 0. The Kier molecular flexibility index (Phi) is 5.58. The van der Waals surface area contributed by atoms with Gasteiger partial charge in [0.2, 0.25) is 0 Å². The standard InChI is InChI=1S/C12H27N3/c1-4-11(13)6-7-15-9-8-14(3)12(5-2)10-15/h11-12H,4-10,13H2,1-3H3. The van der Waals surface area contributed by atoms with E-state index in [1.807, 2.05) is 0 Å². The molecule has 0 radical (unpaired) electrons. The van der Waals surface area contributed by atoms with Crippen LogP contribution in [-0.4, -0.2) is 55.1 Å². The Balaban J connectivity index is 2.26. The molecule has 0 spiro atoms. The third-order valence-electron chi connectivity index (χ3n) is 3.67. The molecule has 1 aliphatic heterocycles. The molecular weight excluding hydrogens is 186 g/mol. The van der Waals surface area contributed by atoms with E-state index in [1.54, 1.807) is 0 Å². The lowest BCUT2D eigenvalue weighted by Gasteiger charge is -2.39. The maximum atomic E-state index is 5.95. The largest absolute Gasteiger partial charge is 0.328 e. The topological polar surface area (TPSA) is 32.5 Å². The first kappa shape index (κ1) is 12.9. The molecule has 3 heteroatoms. The van der Waals surface area contributed by atoms with Gasteiger partial charge in [-0.05, 0) is 32.9 Å². The molecule has 0 bridgehead atoms. The molecule has 2 unspecified atom stereocenters. The molecule has 0 saturated carbocycles. The van der Waals surface area contributed by atoms with Crippen LogP contribution in [0.3, 0.4) is 0 Å². The van der Waals surface area contributed by atoms with Crippen LogP contribution in [0.15, 0.2) is 0 Å². The van der Waals surface area contributed by atoms with Gasteiger partial charge in [-0.3, -0.25) is 0 Å². The SMILES string of the molecule is CCC(N)CCN1CCN(C)C(CC)C1. The van der Waals surface area contributed by atoms with E-state index in [0.29, 0.717) is 6.04 Å². The predicted molar refractivity (Wildman–Crippen MR) is 66.0 cm³/mol. The van der Waals surface area contributed by atoms with Gasteiger partial charge in [-0.1, -0.05) is 13.8 Å². The maximum Gasteiger partial charge on any atom is 0.0218 e. The Morgan fingerprint density at radius 3 is 2.67 bits per heavy atom. The summed E-state index contributed by atoms with van der Waals surface area (Å²) >= 11 is 0. The molecule has 0 aliphatic carbocycles. The van der Waals surface area contributed by atoms with Crippen LogP contribution in [0.25, 0.3) is 0 Å². The number of nitrogens with two attached hydrogens (primary N) is 1. The van der Waals surface area contributed by atoms with Crippen LogP contribution in [0.5, 0.6) is 0 Å². The average molecular weight is 213 g/mol. The van der Waals surface area contributed by atoms with Crippen LogP contribution in [0.2, 0.25) is 0 Å². The molecule has 3 nitrogen and oxygen atoms in total. The molecule has 1 saturated heterocycles. The van der Waals surface area contributed by atoms with Gasteiger partial charge in [-0.15, -0.1) is 0 Å². The first-order valence-electron chi connectivity index (χ1n) is 6.35.